The molecule has 1 aliphatic carbocycles. The first-order valence-electron chi connectivity index (χ1n) is 6.32. The Balaban J connectivity index is 0.00000200. The standard InChI is InChI=1S/C13H19ClN2O2S.ClH/c1-9-11(14)4-3-5-13(9)19(17,18)16(2)12(8-15)10-6-7-10;/h3-5,10,12H,6-8,15H2,1-2H3;1H. The van der Waals surface area contributed by atoms with Crippen molar-refractivity contribution in [2.45, 2.75) is 30.7 Å². The summed E-state index contributed by atoms with van der Waals surface area (Å²) >= 11 is 6.01. The fourth-order valence-electron chi connectivity index (χ4n) is 2.32. The van der Waals surface area contributed by atoms with Gasteiger partial charge >= 0.3 is 0 Å². The van der Waals surface area contributed by atoms with Crippen molar-refractivity contribution in [3.05, 3.63) is 28.8 Å². The van der Waals surface area contributed by atoms with Crippen molar-refractivity contribution in [3.63, 3.8) is 0 Å². The molecule has 4 nitrogen and oxygen atoms in total. The van der Waals surface area contributed by atoms with E-state index in [0.29, 0.717) is 23.0 Å². The van der Waals surface area contributed by atoms with E-state index >= 15 is 0 Å². The van der Waals surface area contributed by atoms with Crippen molar-refractivity contribution >= 4 is 34.0 Å². The van der Waals surface area contributed by atoms with Gasteiger partial charge in [0.2, 0.25) is 10.0 Å². The Morgan fingerprint density at radius 2 is 2.05 bits per heavy atom. The largest absolute Gasteiger partial charge is 0.329 e. The summed E-state index contributed by atoms with van der Waals surface area (Å²) in [5.41, 5.74) is 6.31. The molecule has 2 rings (SSSR count). The van der Waals surface area contributed by atoms with Crippen LogP contribution in [0.25, 0.3) is 0 Å². The van der Waals surface area contributed by atoms with Crippen molar-refractivity contribution in [2.24, 2.45) is 11.7 Å². The fourth-order valence-corrected chi connectivity index (χ4v) is 4.22. The number of hydrogen-bond donors (Lipinski definition) is 1. The molecular formula is C13H20Cl2N2O2S. The van der Waals surface area contributed by atoms with Gasteiger partial charge in [-0.15, -0.1) is 12.4 Å². The minimum Gasteiger partial charge on any atom is -0.329 e. The summed E-state index contributed by atoms with van der Waals surface area (Å²) < 4.78 is 26.7. The molecule has 114 valence electrons. The van der Waals surface area contributed by atoms with E-state index in [9.17, 15) is 8.42 Å². The molecule has 20 heavy (non-hydrogen) atoms. The third-order valence-corrected chi connectivity index (χ3v) is 6.19. The van der Waals surface area contributed by atoms with Crippen LogP contribution in [0.5, 0.6) is 0 Å². The molecule has 1 aromatic rings. The minimum atomic E-state index is -3.54. The molecule has 7 heteroatoms. The Morgan fingerprint density at radius 3 is 2.55 bits per heavy atom. The summed E-state index contributed by atoms with van der Waals surface area (Å²) in [6.07, 6.45) is 2.10. The second kappa shape index (κ2) is 6.62. The van der Waals surface area contributed by atoms with E-state index in [1.165, 1.54) is 4.31 Å². The van der Waals surface area contributed by atoms with Gasteiger partial charge in [-0.1, -0.05) is 17.7 Å². The summed E-state index contributed by atoms with van der Waals surface area (Å²) in [6, 6.07) is 4.82. The first-order chi connectivity index (χ1) is 8.89. The van der Waals surface area contributed by atoms with E-state index in [2.05, 4.69) is 0 Å². The van der Waals surface area contributed by atoms with E-state index in [4.69, 9.17) is 17.3 Å². The molecule has 0 spiro atoms. The summed E-state index contributed by atoms with van der Waals surface area (Å²) in [4.78, 5) is 0.265. The van der Waals surface area contributed by atoms with Crippen LogP contribution in [0.3, 0.4) is 0 Å². The fraction of sp³-hybridized carbons (Fsp3) is 0.538. The smallest absolute Gasteiger partial charge is 0.243 e. The number of nitrogens with two attached hydrogens (primary N) is 1. The number of nitrogens with zero attached hydrogens (tertiary/aromatic N) is 1. The van der Waals surface area contributed by atoms with Crippen molar-refractivity contribution in [2.75, 3.05) is 13.6 Å². The van der Waals surface area contributed by atoms with Crippen LogP contribution >= 0.6 is 24.0 Å². The maximum absolute atomic E-state index is 12.6. The molecule has 0 aromatic heterocycles. The van der Waals surface area contributed by atoms with Gasteiger partial charge in [-0.05, 0) is 43.4 Å². The lowest BCUT2D eigenvalue weighted by atomic mass is 10.2. The van der Waals surface area contributed by atoms with Crippen LogP contribution in [-0.2, 0) is 10.0 Å². The van der Waals surface area contributed by atoms with E-state index in [1.807, 2.05) is 0 Å². The van der Waals surface area contributed by atoms with Crippen LogP contribution in [0.1, 0.15) is 18.4 Å². The molecule has 0 amide bonds. The Bertz CT molecular complexity index is 574. The molecule has 0 bridgehead atoms. The first-order valence-corrected chi connectivity index (χ1v) is 8.14. The summed E-state index contributed by atoms with van der Waals surface area (Å²) in [6.45, 7) is 2.07. The van der Waals surface area contributed by atoms with Crippen molar-refractivity contribution in [3.8, 4) is 0 Å². The van der Waals surface area contributed by atoms with Crippen LogP contribution in [0.4, 0.5) is 0 Å². The Labute approximate surface area is 131 Å². The average Bonchev–Trinajstić information content (AvgIpc) is 3.17. The maximum Gasteiger partial charge on any atom is 0.243 e. The lowest BCUT2D eigenvalue weighted by Gasteiger charge is -2.27. The van der Waals surface area contributed by atoms with E-state index in [-0.39, 0.29) is 23.3 Å². The highest BCUT2D eigenvalue weighted by Gasteiger charge is 2.38. The van der Waals surface area contributed by atoms with Gasteiger partial charge in [-0.3, -0.25) is 0 Å². The van der Waals surface area contributed by atoms with Gasteiger partial charge < -0.3 is 5.73 Å². The zero-order valence-electron chi connectivity index (χ0n) is 11.5. The molecule has 1 atom stereocenters. The number of hydrogen-bond acceptors (Lipinski definition) is 3. The molecule has 2 N–H and O–H groups in total. The van der Waals surface area contributed by atoms with Crippen LogP contribution in [0.2, 0.25) is 5.02 Å². The quantitative estimate of drug-likeness (QED) is 0.896. The van der Waals surface area contributed by atoms with Crippen LogP contribution in [-0.4, -0.2) is 32.4 Å². The molecule has 0 aliphatic heterocycles. The van der Waals surface area contributed by atoms with E-state index in [0.717, 1.165) is 12.8 Å². The molecule has 1 unspecified atom stereocenters. The lowest BCUT2D eigenvalue weighted by Crippen LogP contribution is -2.43. The monoisotopic (exact) mass is 338 g/mol. The topological polar surface area (TPSA) is 63.4 Å². The molecule has 0 saturated heterocycles. The molecule has 1 aliphatic rings. The van der Waals surface area contributed by atoms with Gasteiger partial charge in [0.15, 0.2) is 0 Å². The molecule has 1 aromatic carbocycles. The van der Waals surface area contributed by atoms with Gasteiger partial charge in [-0.25, -0.2) is 8.42 Å². The average molecular weight is 339 g/mol. The number of rotatable bonds is 5. The van der Waals surface area contributed by atoms with Gasteiger partial charge in [0, 0.05) is 24.7 Å². The number of benzene rings is 1. The maximum atomic E-state index is 12.6. The molecule has 1 saturated carbocycles. The Kier molecular flexibility index (Phi) is 5.87. The number of sulfonamides is 1. The summed E-state index contributed by atoms with van der Waals surface area (Å²) in [7, 11) is -1.94. The van der Waals surface area contributed by atoms with Gasteiger partial charge in [-0.2, -0.15) is 4.31 Å². The number of likely N-dealkylation sites (N-methyl/N-ethyl adjacent to an activating group) is 1. The zero-order valence-corrected chi connectivity index (χ0v) is 13.9. The van der Waals surface area contributed by atoms with Crippen molar-refractivity contribution in [1.82, 2.24) is 4.31 Å². The molecule has 1 fully saturated rings. The highest BCUT2D eigenvalue weighted by molar-refractivity contribution is 7.89. The highest BCUT2D eigenvalue weighted by Crippen LogP contribution is 2.37. The third kappa shape index (κ3) is 3.28. The minimum absolute atomic E-state index is 0. The summed E-state index contributed by atoms with van der Waals surface area (Å²) in [5.74, 6) is 0.393. The molecular weight excluding hydrogens is 319 g/mol. The second-order valence-electron chi connectivity index (χ2n) is 5.02. The first kappa shape index (κ1) is 17.7. The molecule has 0 heterocycles. The van der Waals surface area contributed by atoms with Gasteiger partial charge in [0.25, 0.3) is 0 Å². The summed E-state index contributed by atoms with van der Waals surface area (Å²) in [5, 5.41) is 0.463. The predicted octanol–water partition coefficient (Wildman–Crippen LogP) is 2.43. The van der Waals surface area contributed by atoms with Gasteiger partial charge in [0.05, 0.1) is 4.90 Å². The van der Waals surface area contributed by atoms with Crippen molar-refractivity contribution < 1.29 is 8.42 Å². The van der Waals surface area contributed by atoms with Crippen LogP contribution < -0.4 is 5.73 Å². The van der Waals surface area contributed by atoms with Gasteiger partial charge in [0.1, 0.15) is 0 Å². The van der Waals surface area contributed by atoms with E-state index < -0.39 is 10.0 Å². The third-order valence-electron chi connectivity index (χ3n) is 3.75. The second-order valence-corrected chi connectivity index (χ2v) is 7.40. The lowest BCUT2D eigenvalue weighted by molar-refractivity contribution is 0.340. The van der Waals surface area contributed by atoms with Crippen molar-refractivity contribution in [1.29, 1.82) is 0 Å². The molecule has 0 radical (unpaired) electrons. The number of halogens is 2. The normalized spacial score (nSPS) is 16.9. The highest BCUT2D eigenvalue weighted by atomic mass is 35.5. The Hall–Kier alpha value is -0.330. The van der Waals surface area contributed by atoms with Crippen LogP contribution in [0, 0.1) is 12.8 Å². The predicted molar refractivity (Wildman–Crippen MR) is 84.0 cm³/mol. The Morgan fingerprint density at radius 1 is 1.45 bits per heavy atom. The zero-order chi connectivity index (χ0) is 14.2. The SMILES string of the molecule is Cc1c(Cl)cccc1S(=O)(=O)N(C)C(CN)C1CC1.Cl. The van der Waals surface area contributed by atoms with Crippen LogP contribution in [0.15, 0.2) is 23.1 Å². The van der Waals surface area contributed by atoms with E-state index in [1.54, 1.807) is 32.2 Å².